The van der Waals surface area contributed by atoms with Gasteiger partial charge >= 0.3 is 0 Å². The third-order valence-electron chi connectivity index (χ3n) is 4.15. The number of nitrogens with two attached hydrogens (primary N) is 1. The molecule has 0 heterocycles. The fourth-order valence-electron chi connectivity index (χ4n) is 2.64. The van der Waals surface area contributed by atoms with E-state index in [0.29, 0.717) is 0 Å². The van der Waals surface area contributed by atoms with Gasteiger partial charge in [0.05, 0.1) is 0 Å². The number of allylic oxidation sites excluding steroid dienone is 1. The van der Waals surface area contributed by atoms with Crippen molar-refractivity contribution < 1.29 is 0 Å². The summed E-state index contributed by atoms with van der Waals surface area (Å²) in [6.07, 6.45) is 4.31. The zero-order chi connectivity index (χ0) is 17.5. The van der Waals surface area contributed by atoms with Crippen LogP contribution in [0, 0.1) is 0 Å². The van der Waals surface area contributed by atoms with Gasteiger partial charge in [-0.1, -0.05) is 30.3 Å². The topological polar surface area (TPSA) is 32.5 Å². The molecule has 0 fully saturated rings. The first-order valence-electron chi connectivity index (χ1n) is 8.48. The predicted molar refractivity (Wildman–Crippen MR) is 107 cm³/mol. The molecule has 128 valence electrons. The number of nitrogens with zero attached hydrogens (tertiary/aromatic N) is 2. The van der Waals surface area contributed by atoms with Gasteiger partial charge in [-0.3, -0.25) is 0 Å². The minimum Gasteiger partial charge on any atom is -0.378 e. The first kappa shape index (κ1) is 18.1. The maximum Gasteiger partial charge on any atom is 0.0361 e. The van der Waals surface area contributed by atoms with Crippen LogP contribution in [0.1, 0.15) is 24.0 Å². The summed E-state index contributed by atoms with van der Waals surface area (Å²) >= 11 is 0. The average Bonchev–Trinajstić information content (AvgIpc) is 2.59. The number of rotatable bonds is 7. The van der Waals surface area contributed by atoms with E-state index in [1.165, 1.54) is 28.1 Å². The van der Waals surface area contributed by atoms with E-state index in [9.17, 15) is 0 Å². The van der Waals surface area contributed by atoms with E-state index in [4.69, 9.17) is 5.73 Å². The van der Waals surface area contributed by atoms with Gasteiger partial charge in [0.25, 0.3) is 0 Å². The molecule has 0 aliphatic rings. The molecule has 0 saturated heterocycles. The fraction of sp³-hybridized carbons (Fsp3) is 0.333. The van der Waals surface area contributed by atoms with E-state index < -0.39 is 0 Å². The van der Waals surface area contributed by atoms with Crippen molar-refractivity contribution in [2.24, 2.45) is 5.73 Å². The summed E-state index contributed by atoms with van der Waals surface area (Å²) in [4.78, 5) is 4.24. The minimum atomic E-state index is 0.725. The van der Waals surface area contributed by atoms with Crippen LogP contribution in [0.25, 0.3) is 5.57 Å². The Morgan fingerprint density at radius 2 is 1.21 bits per heavy atom. The lowest BCUT2D eigenvalue weighted by Gasteiger charge is -2.16. The molecule has 2 N–H and O–H groups in total. The number of anilines is 2. The summed E-state index contributed by atoms with van der Waals surface area (Å²) in [7, 11) is 8.25. The molecule has 2 aromatic rings. The second kappa shape index (κ2) is 8.55. The van der Waals surface area contributed by atoms with Crippen molar-refractivity contribution in [2.45, 2.75) is 12.8 Å². The quantitative estimate of drug-likeness (QED) is 0.782. The van der Waals surface area contributed by atoms with Crippen molar-refractivity contribution in [3.05, 3.63) is 65.7 Å². The fourth-order valence-corrected chi connectivity index (χ4v) is 2.64. The third kappa shape index (κ3) is 4.62. The molecule has 24 heavy (non-hydrogen) atoms. The van der Waals surface area contributed by atoms with Gasteiger partial charge in [-0.25, -0.2) is 0 Å². The summed E-state index contributed by atoms with van der Waals surface area (Å²) in [5, 5.41) is 0. The van der Waals surface area contributed by atoms with Gasteiger partial charge in [0.2, 0.25) is 0 Å². The van der Waals surface area contributed by atoms with Gasteiger partial charge < -0.3 is 15.5 Å². The van der Waals surface area contributed by atoms with Gasteiger partial charge in [-0.2, -0.15) is 0 Å². The molecule has 2 aromatic carbocycles. The van der Waals surface area contributed by atoms with Gasteiger partial charge in [-0.15, -0.1) is 0 Å². The summed E-state index contributed by atoms with van der Waals surface area (Å²) in [6.45, 7) is 0.725. The number of hydrogen-bond acceptors (Lipinski definition) is 3. The molecule has 0 unspecified atom stereocenters. The summed E-state index contributed by atoms with van der Waals surface area (Å²) in [5.41, 5.74) is 11.8. The van der Waals surface area contributed by atoms with Crippen LogP contribution in [0.5, 0.6) is 0 Å². The number of unbranched alkanes of at least 4 members (excludes halogenated alkanes) is 1. The van der Waals surface area contributed by atoms with E-state index >= 15 is 0 Å². The first-order valence-corrected chi connectivity index (χ1v) is 8.48. The Balaban J connectivity index is 2.35. The van der Waals surface area contributed by atoms with Crippen LogP contribution in [0.15, 0.2) is 54.6 Å². The molecular formula is C21H29N3. The largest absolute Gasteiger partial charge is 0.378 e. The molecule has 3 heteroatoms. The van der Waals surface area contributed by atoms with Crippen molar-refractivity contribution in [1.82, 2.24) is 0 Å². The molecule has 0 amide bonds. The van der Waals surface area contributed by atoms with Crippen LogP contribution >= 0.6 is 0 Å². The molecule has 0 aliphatic carbocycles. The third-order valence-corrected chi connectivity index (χ3v) is 4.15. The predicted octanol–water partition coefficient (Wildman–Crippen LogP) is 3.99. The van der Waals surface area contributed by atoms with Gasteiger partial charge in [-0.05, 0) is 60.4 Å². The standard InChI is InChI=1S/C21H29N3/c1-23(2)19-12-8-17(9-13-19)21(7-5-6-16-22)18-10-14-20(15-11-18)24(3)4/h7-15H,5-6,16,22H2,1-4H3. The normalized spacial score (nSPS) is 10.4. The van der Waals surface area contributed by atoms with Crippen molar-refractivity contribution in [3.63, 3.8) is 0 Å². The Morgan fingerprint density at radius 1 is 0.792 bits per heavy atom. The zero-order valence-electron chi connectivity index (χ0n) is 15.3. The summed E-state index contributed by atoms with van der Waals surface area (Å²) in [5.74, 6) is 0. The molecule has 2 rings (SSSR count). The van der Waals surface area contributed by atoms with Crippen LogP contribution < -0.4 is 15.5 Å². The SMILES string of the molecule is CN(C)c1ccc(C(=CCCCN)c2ccc(N(C)C)cc2)cc1. The van der Waals surface area contributed by atoms with E-state index in [-0.39, 0.29) is 0 Å². The lowest BCUT2D eigenvalue weighted by atomic mass is 9.96. The second-order valence-electron chi connectivity index (χ2n) is 6.43. The van der Waals surface area contributed by atoms with E-state index in [0.717, 1.165) is 19.4 Å². The van der Waals surface area contributed by atoms with Gasteiger partial charge in [0.1, 0.15) is 0 Å². The van der Waals surface area contributed by atoms with Crippen molar-refractivity contribution in [2.75, 3.05) is 44.5 Å². The van der Waals surface area contributed by atoms with Crippen LogP contribution in [-0.4, -0.2) is 34.7 Å². The first-order chi connectivity index (χ1) is 11.5. The Kier molecular flexibility index (Phi) is 6.44. The molecule has 0 bridgehead atoms. The highest BCUT2D eigenvalue weighted by atomic mass is 15.1. The average molecular weight is 323 g/mol. The Labute approximate surface area is 146 Å². The molecule has 0 aromatic heterocycles. The highest BCUT2D eigenvalue weighted by molar-refractivity contribution is 5.81. The molecular weight excluding hydrogens is 294 g/mol. The van der Waals surface area contributed by atoms with E-state index in [1.54, 1.807) is 0 Å². The molecule has 0 atom stereocenters. The van der Waals surface area contributed by atoms with Crippen molar-refractivity contribution >= 4 is 16.9 Å². The molecule has 3 nitrogen and oxygen atoms in total. The number of benzene rings is 2. The van der Waals surface area contributed by atoms with E-state index in [1.807, 2.05) is 0 Å². The smallest absolute Gasteiger partial charge is 0.0361 e. The number of hydrogen-bond donors (Lipinski definition) is 1. The zero-order valence-corrected chi connectivity index (χ0v) is 15.3. The Morgan fingerprint density at radius 3 is 1.54 bits per heavy atom. The van der Waals surface area contributed by atoms with Gasteiger partial charge in [0, 0.05) is 39.6 Å². The lowest BCUT2D eigenvalue weighted by molar-refractivity contribution is 0.856. The monoisotopic (exact) mass is 323 g/mol. The maximum atomic E-state index is 5.66. The van der Waals surface area contributed by atoms with Crippen LogP contribution in [-0.2, 0) is 0 Å². The Bertz CT molecular complexity index is 599. The van der Waals surface area contributed by atoms with Crippen LogP contribution in [0.4, 0.5) is 11.4 Å². The summed E-state index contributed by atoms with van der Waals surface area (Å²) < 4.78 is 0. The molecule has 0 aliphatic heterocycles. The van der Waals surface area contributed by atoms with Crippen molar-refractivity contribution in [1.29, 1.82) is 0 Å². The molecule has 0 saturated carbocycles. The molecule has 0 radical (unpaired) electrons. The lowest BCUT2D eigenvalue weighted by Crippen LogP contribution is -2.08. The maximum absolute atomic E-state index is 5.66. The van der Waals surface area contributed by atoms with Crippen LogP contribution in [0.3, 0.4) is 0 Å². The molecule has 0 spiro atoms. The minimum absolute atomic E-state index is 0.725. The van der Waals surface area contributed by atoms with Crippen LogP contribution in [0.2, 0.25) is 0 Å². The van der Waals surface area contributed by atoms with E-state index in [2.05, 4.69) is 92.6 Å². The highest BCUT2D eigenvalue weighted by Gasteiger charge is 2.06. The summed E-state index contributed by atoms with van der Waals surface area (Å²) in [6, 6.07) is 17.5. The Hall–Kier alpha value is -2.26. The van der Waals surface area contributed by atoms with Gasteiger partial charge in [0.15, 0.2) is 0 Å². The van der Waals surface area contributed by atoms with Crippen molar-refractivity contribution in [3.8, 4) is 0 Å². The second-order valence-corrected chi connectivity index (χ2v) is 6.43. The highest BCUT2D eigenvalue weighted by Crippen LogP contribution is 2.27.